The van der Waals surface area contributed by atoms with Crippen LogP contribution in [-0.4, -0.2) is 26.3 Å². The minimum atomic E-state index is -4.39. The van der Waals surface area contributed by atoms with Gasteiger partial charge in [-0.1, -0.05) is 24.6 Å². The first kappa shape index (κ1) is 25.5. The first-order valence-corrected chi connectivity index (χ1v) is 13.4. The molecule has 0 spiro atoms. The number of fused-ring (bicyclic) bond motifs is 2. The van der Waals surface area contributed by atoms with Gasteiger partial charge in [-0.25, -0.2) is 0 Å². The molecule has 0 radical (unpaired) electrons. The van der Waals surface area contributed by atoms with E-state index in [2.05, 4.69) is 10.1 Å². The van der Waals surface area contributed by atoms with Crippen LogP contribution in [0.2, 0.25) is 0 Å². The number of benzene rings is 2. The fraction of sp³-hybridized carbons (Fsp3) is 0.355. The Labute approximate surface area is 224 Å². The molecule has 8 heteroatoms. The summed E-state index contributed by atoms with van der Waals surface area (Å²) in [6.07, 6.45) is 3.30. The van der Waals surface area contributed by atoms with Gasteiger partial charge in [-0.15, -0.1) is 0 Å². The van der Waals surface area contributed by atoms with E-state index in [0.29, 0.717) is 36.0 Å². The maximum atomic E-state index is 13.4. The Morgan fingerprint density at radius 1 is 1.05 bits per heavy atom. The molecular formula is C31H29F3N4O. The first-order valence-electron chi connectivity index (χ1n) is 13.4. The van der Waals surface area contributed by atoms with Crippen molar-refractivity contribution in [3.05, 3.63) is 94.4 Å². The molecule has 2 unspecified atom stereocenters. The highest BCUT2D eigenvalue weighted by molar-refractivity contribution is 6.16. The van der Waals surface area contributed by atoms with Crippen molar-refractivity contribution in [3.8, 4) is 0 Å². The molecule has 1 saturated carbocycles. The van der Waals surface area contributed by atoms with E-state index in [9.17, 15) is 18.0 Å². The van der Waals surface area contributed by atoms with E-state index in [-0.39, 0.29) is 17.6 Å². The standard InChI is InChI=1S/C31H29F3N4O/c1-19-11-23(9-10-35-19)30-27-14-22(5-6-24(27)16-36-30)29(39)13-20-3-2-4-21(12-20)18-38-28-15-26(31(32,33)34)8-7-25(28)17-37-38/h5-11,14-15,17,20-21H,2-4,12-13,16,18H2,1H3. The number of hydrogen-bond acceptors (Lipinski definition) is 4. The number of halogens is 3. The molecule has 39 heavy (non-hydrogen) atoms. The number of pyridine rings is 1. The van der Waals surface area contributed by atoms with Crippen LogP contribution in [0.1, 0.15) is 70.4 Å². The van der Waals surface area contributed by atoms with E-state index in [1.807, 2.05) is 37.3 Å². The predicted molar refractivity (Wildman–Crippen MR) is 144 cm³/mol. The number of nitrogens with zero attached hydrogens (tertiary/aromatic N) is 4. The highest BCUT2D eigenvalue weighted by Gasteiger charge is 2.31. The Morgan fingerprint density at radius 3 is 2.72 bits per heavy atom. The fourth-order valence-corrected chi connectivity index (χ4v) is 6.07. The lowest BCUT2D eigenvalue weighted by Crippen LogP contribution is -2.22. The molecule has 1 fully saturated rings. The quantitative estimate of drug-likeness (QED) is 0.248. The Hall–Kier alpha value is -3.81. The number of rotatable bonds is 6. The van der Waals surface area contributed by atoms with Gasteiger partial charge in [0.05, 0.1) is 29.5 Å². The summed E-state index contributed by atoms with van der Waals surface area (Å²) in [7, 11) is 0. The van der Waals surface area contributed by atoms with Crippen molar-refractivity contribution in [2.75, 3.05) is 0 Å². The molecule has 5 nitrogen and oxygen atoms in total. The first-order chi connectivity index (χ1) is 18.7. The van der Waals surface area contributed by atoms with E-state index in [0.717, 1.165) is 59.8 Å². The van der Waals surface area contributed by atoms with Crippen molar-refractivity contribution >= 4 is 22.4 Å². The van der Waals surface area contributed by atoms with E-state index in [4.69, 9.17) is 4.99 Å². The zero-order chi connectivity index (χ0) is 27.1. The molecule has 0 amide bonds. The Balaban J connectivity index is 1.14. The molecule has 2 atom stereocenters. The van der Waals surface area contributed by atoms with Crippen LogP contribution in [0.25, 0.3) is 10.9 Å². The van der Waals surface area contributed by atoms with Gasteiger partial charge < -0.3 is 0 Å². The van der Waals surface area contributed by atoms with Crippen molar-refractivity contribution in [1.29, 1.82) is 0 Å². The van der Waals surface area contributed by atoms with Crippen LogP contribution in [-0.2, 0) is 19.3 Å². The van der Waals surface area contributed by atoms with Crippen LogP contribution in [0, 0.1) is 18.8 Å². The number of aliphatic imine (C=N–C) groups is 1. The molecule has 2 aliphatic rings. The smallest absolute Gasteiger partial charge is 0.294 e. The Bertz CT molecular complexity index is 1590. The zero-order valence-electron chi connectivity index (χ0n) is 21.7. The highest BCUT2D eigenvalue weighted by Crippen LogP contribution is 2.35. The van der Waals surface area contributed by atoms with Crippen LogP contribution in [0.15, 0.2) is 65.9 Å². The van der Waals surface area contributed by atoms with Gasteiger partial charge in [-0.3, -0.25) is 19.5 Å². The molecule has 1 aliphatic carbocycles. The number of alkyl halides is 3. The molecule has 0 saturated heterocycles. The number of ketones is 1. The lowest BCUT2D eigenvalue weighted by atomic mass is 9.78. The van der Waals surface area contributed by atoms with E-state index < -0.39 is 11.7 Å². The maximum absolute atomic E-state index is 13.4. The summed E-state index contributed by atoms with van der Waals surface area (Å²) >= 11 is 0. The Morgan fingerprint density at radius 2 is 1.90 bits per heavy atom. The number of Topliss-reactive ketones (excluding diaryl/α,β-unsaturated/α-hetero) is 1. The highest BCUT2D eigenvalue weighted by atomic mass is 19.4. The van der Waals surface area contributed by atoms with Crippen molar-refractivity contribution < 1.29 is 18.0 Å². The lowest BCUT2D eigenvalue weighted by molar-refractivity contribution is -0.137. The average molecular weight is 531 g/mol. The van der Waals surface area contributed by atoms with Crippen molar-refractivity contribution in [2.45, 2.75) is 58.3 Å². The van der Waals surface area contributed by atoms with Crippen LogP contribution in [0.5, 0.6) is 0 Å². The van der Waals surface area contributed by atoms with Crippen molar-refractivity contribution in [3.63, 3.8) is 0 Å². The van der Waals surface area contributed by atoms with Crippen LogP contribution < -0.4 is 0 Å². The molecule has 200 valence electrons. The number of aromatic nitrogens is 3. The van der Waals surface area contributed by atoms with E-state index in [1.165, 1.54) is 12.1 Å². The summed E-state index contributed by atoms with van der Waals surface area (Å²) < 4.78 is 41.5. The van der Waals surface area contributed by atoms with Crippen LogP contribution in [0.3, 0.4) is 0 Å². The molecule has 3 heterocycles. The molecule has 2 aromatic heterocycles. The number of carbonyl (C=O) groups excluding carboxylic acids is 1. The second kappa shape index (κ2) is 10.1. The molecule has 4 aromatic rings. The van der Waals surface area contributed by atoms with Gasteiger partial charge >= 0.3 is 6.18 Å². The normalized spacial score (nSPS) is 19.2. The number of hydrogen-bond donors (Lipinski definition) is 0. The summed E-state index contributed by atoms with van der Waals surface area (Å²) in [6, 6.07) is 13.6. The number of carbonyl (C=O) groups is 1. The van der Waals surface area contributed by atoms with Crippen LogP contribution in [0.4, 0.5) is 13.2 Å². The minimum absolute atomic E-state index is 0.125. The van der Waals surface area contributed by atoms with Crippen LogP contribution >= 0.6 is 0 Å². The SMILES string of the molecule is Cc1cc(C2=NCc3ccc(C(=O)CC4CCCC(Cn5ncc6ccc(C(F)(F)F)cc65)C4)cc32)ccn1. The molecule has 6 rings (SSSR count). The van der Waals surface area contributed by atoms with Gasteiger partial charge in [0.2, 0.25) is 0 Å². The topological polar surface area (TPSA) is 60.1 Å². The molecule has 0 bridgehead atoms. The summed E-state index contributed by atoms with van der Waals surface area (Å²) in [6.45, 7) is 3.11. The molecule has 0 N–H and O–H groups in total. The summed E-state index contributed by atoms with van der Waals surface area (Å²) in [4.78, 5) is 22.4. The molecule has 1 aliphatic heterocycles. The van der Waals surface area contributed by atoms with Gasteiger partial charge in [0.1, 0.15) is 0 Å². The molecular weight excluding hydrogens is 501 g/mol. The lowest BCUT2D eigenvalue weighted by Gasteiger charge is -2.29. The largest absolute Gasteiger partial charge is 0.416 e. The Kier molecular flexibility index (Phi) is 6.57. The van der Waals surface area contributed by atoms with Crippen molar-refractivity contribution in [1.82, 2.24) is 14.8 Å². The van der Waals surface area contributed by atoms with Gasteiger partial charge in [0.25, 0.3) is 0 Å². The average Bonchev–Trinajstić information content (AvgIpc) is 3.52. The summed E-state index contributed by atoms with van der Waals surface area (Å²) in [5.74, 6) is 0.635. The predicted octanol–water partition coefficient (Wildman–Crippen LogP) is 7.19. The third kappa shape index (κ3) is 5.24. The number of aryl methyl sites for hydroxylation is 1. The maximum Gasteiger partial charge on any atom is 0.416 e. The third-order valence-electron chi connectivity index (χ3n) is 8.03. The van der Waals surface area contributed by atoms with E-state index in [1.54, 1.807) is 17.1 Å². The van der Waals surface area contributed by atoms with Gasteiger partial charge in [-0.05, 0) is 73.9 Å². The zero-order valence-corrected chi connectivity index (χ0v) is 21.7. The van der Waals surface area contributed by atoms with E-state index >= 15 is 0 Å². The van der Waals surface area contributed by atoms with Crippen molar-refractivity contribution in [2.24, 2.45) is 16.8 Å². The van der Waals surface area contributed by atoms with Gasteiger partial charge in [0.15, 0.2) is 5.78 Å². The second-order valence-electron chi connectivity index (χ2n) is 10.8. The van der Waals surface area contributed by atoms with Gasteiger partial charge in [-0.2, -0.15) is 18.3 Å². The third-order valence-corrected chi connectivity index (χ3v) is 8.03. The monoisotopic (exact) mass is 530 g/mol. The fourth-order valence-electron chi connectivity index (χ4n) is 6.07. The second-order valence-corrected chi connectivity index (χ2v) is 10.8. The summed E-state index contributed by atoms with van der Waals surface area (Å²) in [5.41, 5.74) is 5.51. The minimum Gasteiger partial charge on any atom is -0.294 e. The van der Waals surface area contributed by atoms with Gasteiger partial charge in [0, 0.05) is 46.9 Å². The summed E-state index contributed by atoms with van der Waals surface area (Å²) in [5, 5.41) is 5.09. The molecule has 2 aromatic carbocycles.